The lowest BCUT2D eigenvalue weighted by atomic mass is 10.4. The Balaban J connectivity index is 2.41. The zero-order valence-electron chi connectivity index (χ0n) is 7.56. The third-order valence-corrected chi connectivity index (χ3v) is 1.49. The fourth-order valence-corrected chi connectivity index (χ4v) is 0.864. The van der Waals surface area contributed by atoms with Gasteiger partial charge in [-0.05, 0) is 12.1 Å². The molecule has 1 aromatic heterocycles. The summed E-state index contributed by atoms with van der Waals surface area (Å²) in [6.07, 6.45) is 2.22. The van der Waals surface area contributed by atoms with Crippen molar-refractivity contribution in [1.82, 2.24) is 0 Å². The summed E-state index contributed by atoms with van der Waals surface area (Å²) in [5, 5.41) is 0. The van der Waals surface area contributed by atoms with Gasteiger partial charge in [0.05, 0.1) is 6.42 Å². The Morgan fingerprint density at radius 1 is 1.57 bits per heavy atom. The second kappa shape index (κ2) is 5.01. The maximum atomic E-state index is 10.9. The van der Waals surface area contributed by atoms with Gasteiger partial charge in [0, 0.05) is 0 Å². The van der Waals surface area contributed by atoms with E-state index >= 15 is 0 Å². The van der Waals surface area contributed by atoms with Gasteiger partial charge in [-0.2, -0.15) is 0 Å². The first-order valence-corrected chi connectivity index (χ1v) is 4.06. The van der Waals surface area contributed by atoms with Gasteiger partial charge in [0.1, 0.15) is 12.4 Å². The first-order valence-electron chi connectivity index (χ1n) is 4.06. The van der Waals surface area contributed by atoms with Crippen molar-refractivity contribution in [3.63, 3.8) is 0 Å². The van der Waals surface area contributed by atoms with Gasteiger partial charge in [-0.15, -0.1) is 6.58 Å². The molecule has 0 aromatic carbocycles. The van der Waals surface area contributed by atoms with Gasteiger partial charge in [-0.25, -0.2) is 0 Å². The van der Waals surface area contributed by atoms with E-state index in [1.807, 2.05) is 0 Å². The fraction of sp³-hybridized carbons (Fsp3) is 0.200. The number of esters is 1. The number of hydrogen-bond acceptors (Lipinski definition) is 4. The fourth-order valence-electron chi connectivity index (χ4n) is 0.864. The Labute approximate surface area is 81.2 Å². The largest absolute Gasteiger partial charge is 0.457 e. The van der Waals surface area contributed by atoms with Crippen LogP contribution in [0.25, 0.3) is 0 Å². The third-order valence-electron chi connectivity index (χ3n) is 1.49. The van der Waals surface area contributed by atoms with Gasteiger partial charge < -0.3 is 9.15 Å². The highest BCUT2D eigenvalue weighted by Crippen LogP contribution is 2.07. The molecule has 0 spiro atoms. The molecular weight excluding hydrogens is 184 g/mol. The summed E-state index contributed by atoms with van der Waals surface area (Å²) >= 11 is 0. The standard InChI is InChI=1S/C10H10O4/c1-2-3-10(12)13-7-9-5-4-8(6-11)14-9/h2,4-6H,1,3,7H2. The van der Waals surface area contributed by atoms with Crippen LogP contribution in [0.3, 0.4) is 0 Å². The van der Waals surface area contributed by atoms with Gasteiger partial charge in [-0.3, -0.25) is 9.59 Å². The second-order valence-electron chi connectivity index (χ2n) is 2.58. The number of rotatable bonds is 5. The molecule has 0 aliphatic carbocycles. The highest BCUT2D eigenvalue weighted by molar-refractivity contribution is 5.71. The van der Waals surface area contributed by atoms with Crippen LogP contribution in [0, 0.1) is 0 Å². The van der Waals surface area contributed by atoms with Gasteiger partial charge in [-0.1, -0.05) is 6.08 Å². The molecule has 14 heavy (non-hydrogen) atoms. The third kappa shape index (κ3) is 2.90. The lowest BCUT2D eigenvalue weighted by Gasteiger charge is -1.99. The van der Waals surface area contributed by atoms with Crippen molar-refractivity contribution in [3.05, 3.63) is 36.3 Å². The lowest BCUT2D eigenvalue weighted by Crippen LogP contribution is -2.01. The van der Waals surface area contributed by atoms with Crippen molar-refractivity contribution >= 4 is 12.3 Å². The minimum Gasteiger partial charge on any atom is -0.457 e. The zero-order chi connectivity index (χ0) is 10.4. The normalized spacial score (nSPS) is 9.43. The van der Waals surface area contributed by atoms with Crippen LogP contribution in [-0.4, -0.2) is 12.3 Å². The van der Waals surface area contributed by atoms with Gasteiger partial charge in [0.15, 0.2) is 12.0 Å². The molecule has 0 fully saturated rings. The number of carbonyl (C=O) groups excluding carboxylic acids is 2. The van der Waals surface area contributed by atoms with Crippen LogP contribution >= 0.6 is 0 Å². The van der Waals surface area contributed by atoms with E-state index in [1.165, 1.54) is 12.1 Å². The Bertz CT molecular complexity index is 338. The van der Waals surface area contributed by atoms with Crippen molar-refractivity contribution in [3.8, 4) is 0 Å². The summed E-state index contributed by atoms with van der Waals surface area (Å²) < 4.78 is 9.80. The van der Waals surface area contributed by atoms with Crippen molar-refractivity contribution < 1.29 is 18.7 Å². The first kappa shape index (κ1) is 10.2. The quantitative estimate of drug-likeness (QED) is 0.406. The molecule has 0 bridgehead atoms. The van der Waals surface area contributed by atoms with E-state index in [0.29, 0.717) is 12.0 Å². The topological polar surface area (TPSA) is 56.5 Å². The Morgan fingerprint density at radius 2 is 2.36 bits per heavy atom. The maximum Gasteiger partial charge on any atom is 0.310 e. The number of furan rings is 1. The highest BCUT2D eigenvalue weighted by atomic mass is 16.5. The average molecular weight is 194 g/mol. The summed E-state index contributed by atoms with van der Waals surface area (Å²) in [6, 6.07) is 3.11. The molecule has 0 atom stereocenters. The van der Waals surface area contributed by atoms with E-state index in [2.05, 4.69) is 6.58 Å². The van der Waals surface area contributed by atoms with Crippen LogP contribution in [0.2, 0.25) is 0 Å². The average Bonchev–Trinajstić information content (AvgIpc) is 2.63. The number of carbonyl (C=O) groups is 2. The van der Waals surface area contributed by atoms with E-state index in [4.69, 9.17) is 9.15 Å². The predicted octanol–water partition coefficient (Wildman–Crippen LogP) is 1.71. The molecule has 4 nitrogen and oxygen atoms in total. The summed E-state index contributed by atoms with van der Waals surface area (Å²) in [5.74, 6) is 0.299. The number of ether oxygens (including phenoxy) is 1. The van der Waals surface area contributed by atoms with Crippen LogP contribution in [0.15, 0.2) is 29.2 Å². The lowest BCUT2D eigenvalue weighted by molar-refractivity contribution is -0.144. The molecule has 0 N–H and O–H groups in total. The number of hydrogen-bond donors (Lipinski definition) is 0. The van der Waals surface area contributed by atoms with Gasteiger partial charge in [0.25, 0.3) is 0 Å². The second-order valence-corrected chi connectivity index (χ2v) is 2.58. The van der Waals surface area contributed by atoms with Crippen LogP contribution in [0.1, 0.15) is 22.7 Å². The van der Waals surface area contributed by atoms with Gasteiger partial charge in [0.2, 0.25) is 0 Å². The summed E-state index contributed by atoms with van der Waals surface area (Å²) in [5.41, 5.74) is 0. The van der Waals surface area contributed by atoms with Crippen LogP contribution in [0.5, 0.6) is 0 Å². The van der Waals surface area contributed by atoms with Crippen LogP contribution in [-0.2, 0) is 16.1 Å². The molecule has 1 aromatic rings. The Hall–Kier alpha value is -1.84. The molecule has 0 aliphatic heterocycles. The predicted molar refractivity (Wildman–Crippen MR) is 48.7 cm³/mol. The molecule has 0 amide bonds. The van der Waals surface area contributed by atoms with Crippen molar-refractivity contribution in [1.29, 1.82) is 0 Å². The van der Waals surface area contributed by atoms with Crippen molar-refractivity contribution in [2.24, 2.45) is 0 Å². The zero-order valence-corrected chi connectivity index (χ0v) is 7.56. The summed E-state index contributed by atoms with van der Waals surface area (Å²) in [4.78, 5) is 21.1. The summed E-state index contributed by atoms with van der Waals surface area (Å²) in [7, 11) is 0. The minimum absolute atomic E-state index is 0.0422. The molecule has 0 saturated heterocycles. The van der Waals surface area contributed by atoms with E-state index in [0.717, 1.165) is 0 Å². The monoisotopic (exact) mass is 194 g/mol. The summed E-state index contributed by atoms with van der Waals surface area (Å²) in [6.45, 7) is 3.44. The van der Waals surface area contributed by atoms with Crippen molar-refractivity contribution in [2.45, 2.75) is 13.0 Å². The van der Waals surface area contributed by atoms with E-state index in [-0.39, 0.29) is 24.8 Å². The molecule has 1 rings (SSSR count). The first-order chi connectivity index (χ1) is 6.76. The minimum atomic E-state index is -0.371. The van der Waals surface area contributed by atoms with E-state index < -0.39 is 0 Å². The van der Waals surface area contributed by atoms with E-state index in [9.17, 15) is 9.59 Å². The smallest absolute Gasteiger partial charge is 0.310 e. The van der Waals surface area contributed by atoms with Crippen LogP contribution < -0.4 is 0 Å². The highest BCUT2D eigenvalue weighted by Gasteiger charge is 2.04. The van der Waals surface area contributed by atoms with Crippen LogP contribution in [0.4, 0.5) is 0 Å². The SMILES string of the molecule is C=CCC(=O)OCc1ccc(C=O)o1. The maximum absolute atomic E-state index is 10.9. The molecule has 74 valence electrons. The van der Waals surface area contributed by atoms with Crippen molar-refractivity contribution in [2.75, 3.05) is 0 Å². The molecule has 1 heterocycles. The molecule has 0 radical (unpaired) electrons. The molecule has 0 aliphatic rings. The molecule has 0 saturated carbocycles. The Kier molecular flexibility index (Phi) is 3.67. The molecular formula is C10H10O4. The number of aldehydes is 1. The Morgan fingerprint density at radius 3 is 2.93 bits per heavy atom. The van der Waals surface area contributed by atoms with Gasteiger partial charge >= 0.3 is 5.97 Å². The van der Waals surface area contributed by atoms with E-state index in [1.54, 1.807) is 6.07 Å². The molecule has 4 heteroatoms. The molecule has 0 unspecified atom stereocenters.